The zero-order valence-corrected chi connectivity index (χ0v) is 12.9. The summed E-state index contributed by atoms with van der Waals surface area (Å²) < 4.78 is 0. The zero-order valence-electron chi connectivity index (χ0n) is 12.0. The van der Waals surface area contributed by atoms with Crippen molar-refractivity contribution in [3.05, 3.63) is 10.0 Å². The Morgan fingerprint density at radius 2 is 1.78 bits per heavy atom. The largest absolute Gasteiger partial charge is 0.308 e. The van der Waals surface area contributed by atoms with E-state index < -0.39 is 0 Å². The van der Waals surface area contributed by atoms with Gasteiger partial charge in [-0.2, -0.15) is 0 Å². The summed E-state index contributed by atoms with van der Waals surface area (Å²) in [7, 11) is 0. The lowest BCUT2D eigenvalue weighted by Gasteiger charge is -2.06. The number of nitrogens with one attached hydrogen (secondary N) is 1. The van der Waals surface area contributed by atoms with Crippen LogP contribution in [-0.2, 0) is 6.42 Å². The summed E-state index contributed by atoms with van der Waals surface area (Å²) in [4.78, 5) is 0. The van der Waals surface area contributed by atoms with Crippen LogP contribution in [-0.4, -0.2) is 16.7 Å². The van der Waals surface area contributed by atoms with Crippen molar-refractivity contribution < 1.29 is 0 Å². The highest BCUT2D eigenvalue weighted by atomic mass is 32.1. The Hall–Kier alpha value is -0.480. The minimum atomic E-state index is 0.339. The maximum absolute atomic E-state index is 4.28. The topological polar surface area (TPSA) is 37.8 Å². The van der Waals surface area contributed by atoms with Gasteiger partial charge in [0.1, 0.15) is 10.0 Å². The molecule has 1 heterocycles. The number of aromatic nitrogens is 2. The fourth-order valence-electron chi connectivity index (χ4n) is 1.99. The fourth-order valence-corrected chi connectivity index (χ4v) is 2.90. The highest BCUT2D eigenvalue weighted by molar-refractivity contribution is 7.11. The molecule has 0 aromatic carbocycles. The monoisotopic (exact) mass is 269 g/mol. The summed E-state index contributed by atoms with van der Waals surface area (Å²) in [6.45, 7) is 7.51. The normalized spacial score (nSPS) is 12.8. The van der Waals surface area contributed by atoms with Crippen LogP contribution in [0.2, 0.25) is 0 Å². The second-order valence-corrected chi connectivity index (χ2v) is 5.92. The molecule has 1 atom stereocenters. The van der Waals surface area contributed by atoms with Crippen LogP contribution in [0.5, 0.6) is 0 Å². The van der Waals surface area contributed by atoms with Crippen molar-refractivity contribution in [2.75, 3.05) is 6.54 Å². The van der Waals surface area contributed by atoms with Crippen LogP contribution in [0.25, 0.3) is 0 Å². The molecule has 0 radical (unpaired) electrons. The van der Waals surface area contributed by atoms with Crippen molar-refractivity contribution in [3.63, 3.8) is 0 Å². The van der Waals surface area contributed by atoms with Gasteiger partial charge in [0.2, 0.25) is 0 Å². The van der Waals surface area contributed by atoms with Crippen LogP contribution in [0.1, 0.15) is 75.4 Å². The van der Waals surface area contributed by atoms with Gasteiger partial charge in [-0.15, -0.1) is 10.2 Å². The van der Waals surface area contributed by atoms with Crippen LogP contribution in [0, 0.1) is 0 Å². The molecule has 18 heavy (non-hydrogen) atoms. The molecule has 1 aromatic heterocycles. The lowest BCUT2D eigenvalue weighted by Crippen LogP contribution is -2.17. The highest BCUT2D eigenvalue weighted by Crippen LogP contribution is 2.19. The van der Waals surface area contributed by atoms with E-state index in [4.69, 9.17) is 0 Å². The van der Waals surface area contributed by atoms with Gasteiger partial charge in [-0.25, -0.2) is 0 Å². The molecule has 104 valence electrons. The van der Waals surface area contributed by atoms with Gasteiger partial charge in [0.15, 0.2) is 0 Å². The molecule has 0 bridgehead atoms. The SMILES string of the molecule is CCCCCCCCc1nnc(C(C)NCC)s1. The van der Waals surface area contributed by atoms with Crippen LogP contribution in [0.4, 0.5) is 0 Å². The van der Waals surface area contributed by atoms with Gasteiger partial charge in [0.25, 0.3) is 0 Å². The lowest BCUT2D eigenvalue weighted by molar-refractivity contribution is 0.588. The van der Waals surface area contributed by atoms with E-state index in [9.17, 15) is 0 Å². The molecular weight excluding hydrogens is 242 g/mol. The molecule has 0 spiro atoms. The molecule has 1 aromatic rings. The molecule has 0 saturated heterocycles. The van der Waals surface area contributed by atoms with Crippen molar-refractivity contribution in [3.8, 4) is 0 Å². The van der Waals surface area contributed by atoms with Gasteiger partial charge in [-0.05, 0) is 19.9 Å². The number of rotatable bonds is 10. The van der Waals surface area contributed by atoms with Crippen LogP contribution in [0.15, 0.2) is 0 Å². The first-order valence-corrected chi connectivity index (χ1v) is 8.15. The van der Waals surface area contributed by atoms with E-state index in [0.717, 1.165) is 18.0 Å². The Morgan fingerprint density at radius 3 is 2.50 bits per heavy atom. The molecule has 1 N–H and O–H groups in total. The van der Waals surface area contributed by atoms with Crippen LogP contribution >= 0.6 is 11.3 Å². The van der Waals surface area contributed by atoms with Gasteiger partial charge in [-0.1, -0.05) is 57.3 Å². The Balaban J connectivity index is 2.19. The van der Waals surface area contributed by atoms with E-state index in [2.05, 4.69) is 36.3 Å². The predicted octanol–water partition coefficient (Wildman–Crippen LogP) is 4.11. The summed E-state index contributed by atoms with van der Waals surface area (Å²) in [6.07, 6.45) is 9.14. The van der Waals surface area contributed by atoms with Crippen molar-refractivity contribution in [1.82, 2.24) is 15.5 Å². The molecule has 0 amide bonds. The third-order valence-electron chi connectivity index (χ3n) is 3.11. The average Bonchev–Trinajstić information content (AvgIpc) is 2.83. The van der Waals surface area contributed by atoms with Crippen LogP contribution < -0.4 is 5.32 Å². The lowest BCUT2D eigenvalue weighted by atomic mass is 10.1. The maximum atomic E-state index is 4.28. The van der Waals surface area contributed by atoms with Crippen molar-refractivity contribution in [2.45, 2.75) is 71.8 Å². The Bertz CT molecular complexity index is 312. The Morgan fingerprint density at radius 1 is 1.06 bits per heavy atom. The van der Waals surface area contributed by atoms with Crippen molar-refractivity contribution >= 4 is 11.3 Å². The molecule has 0 aliphatic rings. The fraction of sp³-hybridized carbons (Fsp3) is 0.857. The van der Waals surface area contributed by atoms with Gasteiger partial charge in [0, 0.05) is 6.42 Å². The van der Waals surface area contributed by atoms with E-state index in [0.29, 0.717) is 6.04 Å². The summed E-state index contributed by atoms with van der Waals surface area (Å²) in [6, 6.07) is 0.339. The first-order valence-electron chi connectivity index (χ1n) is 7.33. The van der Waals surface area contributed by atoms with E-state index in [1.807, 2.05) is 0 Å². The standard InChI is InChI=1S/C14H27N3S/c1-4-6-7-8-9-10-11-13-16-17-14(18-13)12(3)15-5-2/h12,15H,4-11H2,1-3H3. The Kier molecular flexibility index (Phi) is 8.18. The molecule has 0 saturated carbocycles. The van der Waals surface area contributed by atoms with E-state index in [-0.39, 0.29) is 0 Å². The molecule has 0 fully saturated rings. The predicted molar refractivity (Wildman–Crippen MR) is 79.1 cm³/mol. The molecule has 1 rings (SSSR count). The van der Waals surface area contributed by atoms with Crippen LogP contribution in [0.3, 0.4) is 0 Å². The Labute approximate surface area is 115 Å². The summed E-state index contributed by atoms with van der Waals surface area (Å²) in [5.74, 6) is 0. The third-order valence-corrected chi connectivity index (χ3v) is 4.27. The van der Waals surface area contributed by atoms with E-state index in [1.54, 1.807) is 11.3 Å². The van der Waals surface area contributed by atoms with E-state index in [1.165, 1.54) is 43.5 Å². The molecule has 3 nitrogen and oxygen atoms in total. The minimum absolute atomic E-state index is 0.339. The smallest absolute Gasteiger partial charge is 0.134 e. The molecule has 4 heteroatoms. The van der Waals surface area contributed by atoms with Gasteiger partial charge in [0.05, 0.1) is 6.04 Å². The molecule has 0 aliphatic carbocycles. The number of hydrogen-bond donors (Lipinski definition) is 1. The number of aryl methyl sites for hydroxylation is 1. The first kappa shape index (κ1) is 15.6. The molecular formula is C14H27N3S. The number of nitrogens with zero attached hydrogens (tertiary/aromatic N) is 2. The second kappa shape index (κ2) is 9.45. The average molecular weight is 269 g/mol. The molecule has 1 unspecified atom stereocenters. The second-order valence-electron chi connectivity index (χ2n) is 4.83. The van der Waals surface area contributed by atoms with Gasteiger partial charge < -0.3 is 5.32 Å². The first-order chi connectivity index (χ1) is 8.77. The number of hydrogen-bond acceptors (Lipinski definition) is 4. The minimum Gasteiger partial charge on any atom is -0.308 e. The number of unbranched alkanes of at least 4 members (excludes halogenated alkanes) is 5. The van der Waals surface area contributed by atoms with E-state index >= 15 is 0 Å². The van der Waals surface area contributed by atoms with Crippen molar-refractivity contribution in [2.24, 2.45) is 0 Å². The van der Waals surface area contributed by atoms with Gasteiger partial charge >= 0.3 is 0 Å². The third kappa shape index (κ3) is 5.91. The highest BCUT2D eigenvalue weighted by Gasteiger charge is 2.10. The quantitative estimate of drug-likeness (QED) is 0.649. The summed E-state index contributed by atoms with van der Waals surface area (Å²) in [5.41, 5.74) is 0. The van der Waals surface area contributed by atoms with Gasteiger partial charge in [-0.3, -0.25) is 0 Å². The maximum Gasteiger partial charge on any atom is 0.134 e. The summed E-state index contributed by atoms with van der Waals surface area (Å²) >= 11 is 1.76. The molecule has 0 aliphatic heterocycles. The van der Waals surface area contributed by atoms with Crippen molar-refractivity contribution in [1.29, 1.82) is 0 Å². The zero-order chi connectivity index (χ0) is 13.2. The summed E-state index contributed by atoms with van der Waals surface area (Å²) in [5, 5.41) is 14.2.